The molecule has 0 fully saturated rings. The fourth-order valence-electron chi connectivity index (χ4n) is 4.71. The molecule has 0 bridgehead atoms. The molecule has 0 amide bonds. The highest BCUT2D eigenvalue weighted by atomic mass is 16.5. The first kappa shape index (κ1) is 18.6. The molecule has 0 spiro atoms. The predicted octanol–water partition coefficient (Wildman–Crippen LogP) is 6.21. The topological polar surface area (TPSA) is 54.7 Å². The second-order valence-electron chi connectivity index (χ2n) is 8.78. The third kappa shape index (κ3) is 2.91. The van der Waals surface area contributed by atoms with Crippen LogP contribution >= 0.6 is 0 Å². The summed E-state index contributed by atoms with van der Waals surface area (Å²) in [7, 11) is 1.67. The predicted molar refractivity (Wildman–Crippen MR) is 122 cm³/mol. The van der Waals surface area contributed by atoms with Crippen LogP contribution in [0.2, 0.25) is 0 Å². The lowest BCUT2D eigenvalue weighted by molar-refractivity contribution is 0.306. The summed E-state index contributed by atoms with van der Waals surface area (Å²) in [5, 5.41) is 17.1. The van der Waals surface area contributed by atoms with Crippen molar-refractivity contribution in [2.75, 3.05) is 7.11 Å². The van der Waals surface area contributed by atoms with Crippen LogP contribution in [-0.4, -0.2) is 23.0 Å². The van der Waals surface area contributed by atoms with Gasteiger partial charge in [-0.2, -0.15) is 0 Å². The molecule has 30 heavy (non-hydrogen) atoms. The number of benzene rings is 3. The Labute approximate surface area is 175 Å². The molecule has 0 radical (unpaired) electrons. The van der Waals surface area contributed by atoms with Gasteiger partial charge in [0.25, 0.3) is 0 Å². The van der Waals surface area contributed by atoms with Crippen molar-refractivity contribution >= 4 is 27.4 Å². The molecule has 0 aliphatic heterocycles. The number of nitrogens with zero attached hydrogens (tertiary/aromatic N) is 2. The van der Waals surface area contributed by atoms with Crippen LogP contribution in [0.1, 0.15) is 31.5 Å². The maximum absolute atomic E-state index is 9.95. The lowest BCUT2D eigenvalue weighted by Crippen LogP contribution is -2.29. The SMILES string of the molecule is COc1ccc(-c2c3c(nc4ccc5ccccc5c24)CC(C)(C)C/C3=N\O)cc1. The van der Waals surface area contributed by atoms with Gasteiger partial charge in [0.05, 0.1) is 24.0 Å². The molecule has 4 heteroatoms. The molecule has 1 heterocycles. The molecular weight excluding hydrogens is 372 g/mol. The van der Waals surface area contributed by atoms with Crippen molar-refractivity contribution in [3.05, 3.63) is 71.9 Å². The highest BCUT2D eigenvalue weighted by Gasteiger charge is 2.34. The van der Waals surface area contributed by atoms with Gasteiger partial charge in [-0.25, -0.2) is 0 Å². The van der Waals surface area contributed by atoms with E-state index in [0.29, 0.717) is 12.1 Å². The van der Waals surface area contributed by atoms with Gasteiger partial charge in [-0.1, -0.05) is 61.5 Å². The fraction of sp³-hybridized carbons (Fsp3) is 0.231. The molecule has 1 aromatic heterocycles. The van der Waals surface area contributed by atoms with E-state index in [1.807, 2.05) is 12.1 Å². The minimum atomic E-state index is -0.0106. The quantitative estimate of drug-likeness (QED) is 0.249. The van der Waals surface area contributed by atoms with Gasteiger partial charge in [0.15, 0.2) is 0 Å². The molecule has 150 valence electrons. The summed E-state index contributed by atoms with van der Waals surface area (Å²) in [5.74, 6) is 0.813. The minimum absolute atomic E-state index is 0.0106. The molecule has 3 aromatic carbocycles. The lowest BCUT2D eigenvalue weighted by Gasteiger charge is -2.33. The number of oxime groups is 1. The molecule has 0 unspecified atom stereocenters. The highest BCUT2D eigenvalue weighted by Crippen LogP contribution is 2.43. The van der Waals surface area contributed by atoms with Crippen LogP contribution in [0.3, 0.4) is 0 Å². The maximum Gasteiger partial charge on any atom is 0.118 e. The number of fused-ring (bicyclic) bond motifs is 4. The zero-order chi connectivity index (χ0) is 20.9. The van der Waals surface area contributed by atoms with Crippen LogP contribution in [0.4, 0.5) is 0 Å². The molecule has 0 atom stereocenters. The van der Waals surface area contributed by atoms with Crippen LogP contribution in [0.15, 0.2) is 65.8 Å². The Bertz CT molecular complexity index is 1300. The summed E-state index contributed by atoms with van der Waals surface area (Å²) < 4.78 is 5.37. The number of methoxy groups -OCH3 is 1. The Morgan fingerprint density at radius 1 is 0.933 bits per heavy atom. The largest absolute Gasteiger partial charge is 0.497 e. The zero-order valence-electron chi connectivity index (χ0n) is 17.4. The molecular formula is C26H24N2O2. The van der Waals surface area contributed by atoms with E-state index >= 15 is 0 Å². The Balaban J connectivity index is 1.95. The lowest BCUT2D eigenvalue weighted by atomic mass is 9.73. The van der Waals surface area contributed by atoms with Gasteiger partial charge in [-0.05, 0) is 52.8 Å². The summed E-state index contributed by atoms with van der Waals surface area (Å²) in [6.45, 7) is 4.39. The summed E-state index contributed by atoms with van der Waals surface area (Å²) >= 11 is 0. The first-order valence-corrected chi connectivity index (χ1v) is 10.2. The van der Waals surface area contributed by atoms with E-state index in [9.17, 15) is 5.21 Å². The summed E-state index contributed by atoms with van der Waals surface area (Å²) in [6, 6.07) is 20.7. The van der Waals surface area contributed by atoms with Crippen LogP contribution in [-0.2, 0) is 6.42 Å². The van der Waals surface area contributed by atoms with Crippen LogP contribution in [0, 0.1) is 5.41 Å². The Morgan fingerprint density at radius 2 is 1.70 bits per heavy atom. The average Bonchev–Trinajstić information content (AvgIpc) is 2.76. The van der Waals surface area contributed by atoms with Gasteiger partial charge in [-0.15, -0.1) is 0 Å². The molecule has 5 rings (SSSR count). The van der Waals surface area contributed by atoms with Crippen LogP contribution in [0.25, 0.3) is 32.8 Å². The number of rotatable bonds is 2. The third-order valence-corrected chi connectivity index (χ3v) is 6.03. The smallest absolute Gasteiger partial charge is 0.118 e. The van der Waals surface area contributed by atoms with E-state index in [0.717, 1.165) is 50.8 Å². The van der Waals surface area contributed by atoms with Crippen molar-refractivity contribution in [3.63, 3.8) is 0 Å². The van der Waals surface area contributed by atoms with Crippen molar-refractivity contribution in [3.8, 4) is 16.9 Å². The number of aromatic nitrogens is 1. The number of ether oxygens (including phenoxy) is 1. The Kier molecular flexibility index (Phi) is 4.24. The standard InChI is InChI=1S/C26H24N2O2/c1-26(2)14-21-25(22(15-26)28-29)23(17-8-11-18(30-3)12-9-17)24-19-7-5-4-6-16(19)10-13-20(24)27-21/h4-13,29H,14-15H2,1-3H3/b28-22+. The van der Waals surface area contributed by atoms with E-state index in [-0.39, 0.29) is 5.41 Å². The number of hydrogen-bond donors (Lipinski definition) is 1. The van der Waals surface area contributed by atoms with Gasteiger partial charge < -0.3 is 9.94 Å². The van der Waals surface area contributed by atoms with Crippen LogP contribution < -0.4 is 4.74 Å². The van der Waals surface area contributed by atoms with E-state index < -0.39 is 0 Å². The number of pyridine rings is 1. The molecule has 4 nitrogen and oxygen atoms in total. The molecule has 0 saturated carbocycles. The van der Waals surface area contributed by atoms with Crippen molar-refractivity contribution in [1.29, 1.82) is 0 Å². The first-order valence-electron chi connectivity index (χ1n) is 10.2. The molecule has 1 aliphatic rings. The fourth-order valence-corrected chi connectivity index (χ4v) is 4.71. The van der Waals surface area contributed by atoms with Crippen molar-refractivity contribution < 1.29 is 9.94 Å². The van der Waals surface area contributed by atoms with Crippen molar-refractivity contribution in [2.45, 2.75) is 26.7 Å². The average molecular weight is 396 g/mol. The van der Waals surface area contributed by atoms with Gasteiger partial charge in [0.1, 0.15) is 5.75 Å². The van der Waals surface area contributed by atoms with E-state index in [4.69, 9.17) is 9.72 Å². The summed E-state index contributed by atoms with van der Waals surface area (Å²) in [4.78, 5) is 5.06. The van der Waals surface area contributed by atoms with Gasteiger partial charge in [0, 0.05) is 16.5 Å². The van der Waals surface area contributed by atoms with E-state index in [1.165, 1.54) is 5.39 Å². The van der Waals surface area contributed by atoms with Gasteiger partial charge in [0.2, 0.25) is 0 Å². The molecule has 1 N–H and O–H groups in total. The van der Waals surface area contributed by atoms with Gasteiger partial charge >= 0.3 is 0 Å². The number of hydrogen-bond acceptors (Lipinski definition) is 4. The Hall–Kier alpha value is -3.40. The second-order valence-corrected chi connectivity index (χ2v) is 8.78. The third-order valence-electron chi connectivity index (χ3n) is 6.03. The van der Waals surface area contributed by atoms with Crippen molar-refractivity contribution in [2.24, 2.45) is 10.6 Å². The second kappa shape index (κ2) is 6.84. The van der Waals surface area contributed by atoms with Crippen molar-refractivity contribution in [1.82, 2.24) is 4.98 Å². The molecule has 4 aromatic rings. The first-order chi connectivity index (χ1) is 14.5. The highest BCUT2D eigenvalue weighted by molar-refractivity contribution is 6.20. The zero-order valence-corrected chi connectivity index (χ0v) is 17.4. The van der Waals surface area contributed by atoms with Crippen LogP contribution in [0.5, 0.6) is 5.75 Å². The Morgan fingerprint density at radius 3 is 2.43 bits per heavy atom. The van der Waals surface area contributed by atoms with Gasteiger partial charge in [-0.3, -0.25) is 4.98 Å². The summed E-state index contributed by atoms with van der Waals surface area (Å²) in [5.41, 5.74) is 5.76. The molecule has 0 saturated heterocycles. The maximum atomic E-state index is 9.95. The normalized spacial score (nSPS) is 16.7. The van der Waals surface area contributed by atoms with E-state index in [2.05, 4.69) is 67.5 Å². The van der Waals surface area contributed by atoms with E-state index in [1.54, 1.807) is 7.11 Å². The monoisotopic (exact) mass is 396 g/mol. The summed E-state index contributed by atoms with van der Waals surface area (Å²) in [6.07, 6.45) is 1.55. The molecule has 1 aliphatic carbocycles. The minimum Gasteiger partial charge on any atom is -0.497 e.